The van der Waals surface area contributed by atoms with E-state index in [0.717, 1.165) is 22.0 Å². The van der Waals surface area contributed by atoms with Crippen LogP contribution in [0.3, 0.4) is 0 Å². The molecule has 4 nitrogen and oxygen atoms in total. The number of nitrogens with zero attached hydrogens (tertiary/aromatic N) is 2. The Morgan fingerprint density at radius 2 is 1.14 bits per heavy atom. The molecule has 0 bridgehead atoms. The number of para-hydroxylation sites is 1. The zero-order valence-electron chi connectivity index (χ0n) is 15.4. The average Bonchev–Trinajstić information content (AvgIpc) is 3.07. The summed E-state index contributed by atoms with van der Waals surface area (Å²) in [6, 6.07) is 28.9. The van der Waals surface area contributed by atoms with Crippen molar-refractivity contribution in [2.75, 3.05) is 9.80 Å². The van der Waals surface area contributed by atoms with Crippen molar-refractivity contribution in [2.45, 2.75) is 6.17 Å². The molecule has 0 N–H and O–H groups in total. The lowest BCUT2D eigenvalue weighted by atomic mass is 10.0. The Kier molecular flexibility index (Phi) is 3.21. The molecule has 2 heterocycles. The SMILES string of the molecule is O=C1c2ccccc2C2N1c1ccccc1C(=O)N2c1cccc2ccccc12. The van der Waals surface area contributed by atoms with Crippen molar-refractivity contribution < 1.29 is 9.59 Å². The maximum absolute atomic E-state index is 13.7. The van der Waals surface area contributed by atoms with E-state index in [1.54, 1.807) is 15.9 Å². The maximum atomic E-state index is 13.7. The van der Waals surface area contributed by atoms with Gasteiger partial charge in [-0.25, -0.2) is 0 Å². The van der Waals surface area contributed by atoms with Crippen LogP contribution in [0.25, 0.3) is 10.8 Å². The van der Waals surface area contributed by atoms with Crippen molar-refractivity contribution >= 4 is 34.0 Å². The molecule has 1 unspecified atom stereocenters. The van der Waals surface area contributed by atoms with Gasteiger partial charge in [-0.2, -0.15) is 0 Å². The van der Waals surface area contributed by atoms with Crippen LogP contribution in [0, 0.1) is 0 Å². The Labute approximate surface area is 167 Å². The summed E-state index contributed by atoms with van der Waals surface area (Å²) in [4.78, 5) is 30.6. The highest BCUT2D eigenvalue weighted by atomic mass is 16.2. The lowest BCUT2D eigenvalue weighted by Gasteiger charge is -2.41. The molecule has 0 aromatic heterocycles. The molecule has 138 valence electrons. The number of hydrogen-bond acceptors (Lipinski definition) is 2. The van der Waals surface area contributed by atoms with Crippen LogP contribution in [0.2, 0.25) is 0 Å². The highest BCUT2D eigenvalue weighted by Gasteiger charge is 2.48. The van der Waals surface area contributed by atoms with E-state index < -0.39 is 6.17 Å². The number of anilines is 2. The summed E-state index contributed by atoms with van der Waals surface area (Å²) in [5.74, 6) is -0.168. The van der Waals surface area contributed by atoms with Crippen molar-refractivity contribution in [2.24, 2.45) is 0 Å². The van der Waals surface area contributed by atoms with E-state index in [0.29, 0.717) is 16.8 Å². The van der Waals surface area contributed by atoms with E-state index in [2.05, 4.69) is 0 Å². The second-order valence-electron chi connectivity index (χ2n) is 7.33. The molecule has 2 aliphatic rings. The minimum atomic E-state index is -0.494. The molecule has 0 aliphatic carbocycles. The summed E-state index contributed by atoms with van der Waals surface area (Å²) < 4.78 is 0. The van der Waals surface area contributed by atoms with Gasteiger partial charge in [0.2, 0.25) is 0 Å². The van der Waals surface area contributed by atoms with Crippen molar-refractivity contribution in [3.8, 4) is 0 Å². The summed E-state index contributed by atoms with van der Waals surface area (Å²) in [5.41, 5.74) is 3.51. The zero-order valence-corrected chi connectivity index (χ0v) is 15.4. The summed E-state index contributed by atoms with van der Waals surface area (Å²) in [7, 11) is 0. The van der Waals surface area contributed by atoms with Crippen LogP contribution in [0.15, 0.2) is 91.0 Å². The van der Waals surface area contributed by atoms with E-state index in [-0.39, 0.29) is 11.8 Å². The van der Waals surface area contributed by atoms with Gasteiger partial charge >= 0.3 is 0 Å². The van der Waals surface area contributed by atoms with E-state index in [4.69, 9.17) is 0 Å². The molecule has 0 saturated heterocycles. The summed E-state index contributed by atoms with van der Waals surface area (Å²) in [6.07, 6.45) is -0.494. The van der Waals surface area contributed by atoms with E-state index in [1.807, 2.05) is 84.9 Å². The Bertz CT molecular complexity index is 1320. The molecular formula is C25H16N2O2. The number of rotatable bonds is 1. The molecule has 1 atom stereocenters. The molecule has 29 heavy (non-hydrogen) atoms. The third-order valence-electron chi connectivity index (χ3n) is 5.82. The normalized spacial score (nSPS) is 17.3. The fourth-order valence-electron chi connectivity index (χ4n) is 4.56. The number of carbonyl (C=O) groups is 2. The first-order valence-corrected chi connectivity index (χ1v) is 9.58. The van der Waals surface area contributed by atoms with Gasteiger partial charge in [-0.1, -0.05) is 66.7 Å². The third-order valence-corrected chi connectivity index (χ3v) is 5.82. The quantitative estimate of drug-likeness (QED) is 0.460. The molecule has 2 amide bonds. The van der Waals surface area contributed by atoms with Gasteiger partial charge in [-0.15, -0.1) is 0 Å². The van der Waals surface area contributed by atoms with Crippen LogP contribution in [-0.4, -0.2) is 11.8 Å². The smallest absolute Gasteiger partial charge is 0.262 e. The lowest BCUT2D eigenvalue weighted by molar-refractivity contribution is 0.0949. The summed E-state index contributed by atoms with van der Waals surface area (Å²) in [5, 5.41) is 2.04. The fraction of sp³-hybridized carbons (Fsp3) is 0.0400. The second-order valence-corrected chi connectivity index (χ2v) is 7.33. The van der Waals surface area contributed by atoms with E-state index >= 15 is 0 Å². The monoisotopic (exact) mass is 376 g/mol. The van der Waals surface area contributed by atoms with Crippen molar-refractivity contribution in [1.29, 1.82) is 0 Å². The van der Waals surface area contributed by atoms with Crippen molar-refractivity contribution in [3.63, 3.8) is 0 Å². The van der Waals surface area contributed by atoms with Crippen LogP contribution in [0.4, 0.5) is 11.4 Å². The highest BCUT2D eigenvalue weighted by Crippen LogP contribution is 2.47. The first-order chi connectivity index (χ1) is 14.3. The third kappa shape index (κ3) is 2.08. The van der Waals surface area contributed by atoms with Crippen LogP contribution in [0.5, 0.6) is 0 Å². The fourth-order valence-corrected chi connectivity index (χ4v) is 4.56. The minimum absolute atomic E-state index is 0.0733. The van der Waals surface area contributed by atoms with E-state index in [9.17, 15) is 9.59 Å². The molecule has 4 aromatic carbocycles. The zero-order chi connectivity index (χ0) is 19.5. The second kappa shape index (κ2) is 5.79. The molecule has 4 heteroatoms. The molecule has 0 spiro atoms. The van der Waals surface area contributed by atoms with Gasteiger partial charge < -0.3 is 0 Å². The molecule has 6 rings (SSSR count). The Hall–Kier alpha value is -3.92. The number of benzene rings is 4. The summed E-state index contributed by atoms with van der Waals surface area (Å²) in [6.45, 7) is 0. The van der Waals surface area contributed by atoms with Gasteiger partial charge in [0.1, 0.15) is 6.17 Å². The lowest BCUT2D eigenvalue weighted by Crippen LogP contribution is -2.48. The van der Waals surface area contributed by atoms with Gasteiger partial charge in [-0.3, -0.25) is 19.4 Å². The molecule has 2 aliphatic heterocycles. The maximum Gasteiger partial charge on any atom is 0.262 e. The molecular weight excluding hydrogens is 360 g/mol. The molecule has 0 radical (unpaired) electrons. The summed E-state index contributed by atoms with van der Waals surface area (Å²) >= 11 is 0. The standard InChI is InChI=1S/C25H16N2O2/c28-24-19-12-4-3-11-18(19)23-26(21-15-7-9-16-8-1-2-10-17(16)21)25(29)20-13-5-6-14-22(20)27(23)24/h1-15,23H. The molecule has 4 aromatic rings. The van der Waals surface area contributed by atoms with Crippen LogP contribution in [0.1, 0.15) is 32.4 Å². The number of fused-ring (bicyclic) bond motifs is 6. The molecule has 0 saturated carbocycles. The Balaban J connectivity index is 1.68. The average molecular weight is 376 g/mol. The first-order valence-electron chi connectivity index (χ1n) is 9.58. The topological polar surface area (TPSA) is 40.6 Å². The highest BCUT2D eigenvalue weighted by molar-refractivity contribution is 6.22. The largest absolute Gasteiger partial charge is 0.282 e. The van der Waals surface area contributed by atoms with Crippen molar-refractivity contribution in [3.05, 3.63) is 108 Å². The minimum Gasteiger partial charge on any atom is -0.282 e. The van der Waals surface area contributed by atoms with Crippen LogP contribution in [-0.2, 0) is 0 Å². The van der Waals surface area contributed by atoms with Crippen LogP contribution >= 0.6 is 0 Å². The predicted octanol–water partition coefficient (Wildman–Crippen LogP) is 5.16. The first kappa shape index (κ1) is 16.1. The van der Waals surface area contributed by atoms with Crippen LogP contribution < -0.4 is 9.80 Å². The Morgan fingerprint density at radius 3 is 2.03 bits per heavy atom. The predicted molar refractivity (Wildman–Crippen MR) is 113 cm³/mol. The number of hydrogen-bond donors (Lipinski definition) is 0. The number of amides is 2. The van der Waals surface area contributed by atoms with Gasteiger partial charge in [0.05, 0.1) is 16.9 Å². The van der Waals surface area contributed by atoms with Gasteiger partial charge in [0, 0.05) is 16.5 Å². The Morgan fingerprint density at radius 1 is 0.552 bits per heavy atom. The van der Waals surface area contributed by atoms with Gasteiger partial charge in [-0.05, 0) is 29.7 Å². The number of carbonyl (C=O) groups excluding carboxylic acids is 2. The van der Waals surface area contributed by atoms with Crippen molar-refractivity contribution in [1.82, 2.24) is 0 Å². The van der Waals surface area contributed by atoms with Gasteiger partial charge in [0.15, 0.2) is 0 Å². The van der Waals surface area contributed by atoms with E-state index in [1.165, 1.54) is 0 Å². The van der Waals surface area contributed by atoms with Gasteiger partial charge in [0.25, 0.3) is 11.8 Å². The molecule has 0 fully saturated rings.